The molecule has 0 aliphatic rings. The average Bonchev–Trinajstić information content (AvgIpc) is 1.78. The summed E-state index contributed by atoms with van der Waals surface area (Å²) in [7, 11) is 0. The van der Waals surface area contributed by atoms with Crippen LogP contribution in [0.3, 0.4) is 0 Å². The van der Waals surface area contributed by atoms with Crippen molar-refractivity contribution >= 4 is 5.91 Å². The van der Waals surface area contributed by atoms with E-state index in [9.17, 15) is 18.0 Å². The largest absolute Gasteiger partial charge is 0.391 e. The summed E-state index contributed by atoms with van der Waals surface area (Å²) in [6, 6.07) is 0. The van der Waals surface area contributed by atoms with Gasteiger partial charge in [-0.2, -0.15) is 13.2 Å². The van der Waals surface area contributed by atoms with Gasteiger partial charge in [-0.05, 0) is 0 Å². The van der Waals surface area contributed by atoms with E-state index in [0.29, 0.717) is 0 Å². The molecule has 66 valence electrons. The summed E-state index contributed by atoms with van der Waals surface area (Å²) in [6.45, 7) is -0.984. The van der Waals surface area contributed by atoms with Gasteiger partial charge in [0, 0.05) is 0 Å². The summed E-state index contributed by atoms with van der Waals surface area (Å²) >= 11 is 0. The van der Waals surface area contributed by atoms with Crippen LogP contribution in [0.1, 0.15) is 6.42 Å². The molecule has 6 heteroatoms. The molecule has 0 unspecified atom stereocenters. The van der Waals surface area contributed by atoms with Crippen LogP contribution >= 0.6 is 0 Å². The van der Waals surface area contributed by atoms with Gasteiger partial charge in [0.25, 0.3) is 0 Å². The van der Waals surface area contributed by atoms with Crippen molar-refractivity contribution in [3.8, 4) is 0 Å². The molecule has 0 aliphatic heterocycles. The fourth-order valence-corrected chi connectivity index (χ4v) is 0.361. The third kappa shape index (κ3) is 9.22. The number of ether oxygens (including phenoxy) is 1. The highest BCUT2D eigenvalue weighted by Gasteiger charge is 2.26. The van der Waals surface area contributed by atoms with Gasteiger partial charge in [0.2, 0.25) is 5.91 Å². The van der Waals surface area contributed by atoms with E-state index in [1.54, 1.807) is 0 Å². The Balaban J connectivity index is 3.22. The molecule has 1 amide bonds. The van der Waals surface area contributed by atoms with Gasteiger partial charge in [-0.3, -0.25) is 4.79 Å². The van der Waals surface area contributed by atoms with E-state index in [1.165, 1.54) is 0 Å². The van der Waals surface area contributed by atoms with Crippen molar-refractivity contribution in [3.05, 3.63) is 0 Å². The lowest BCUT2D eigenvalue weighted by Crippen LogP contribution is -2.20. The third-order valence-corrected chi connectivity index (χ3v) is 0.774. The second-order valence-electron chi connectivity index (χ2n) is 1.88. The van der Waals surface area contributed by atoms with Gasteiger partial charge in [0.15, 0.2) is 0 Å². The Morgan fingerprint density at radius 3 is 2.36 bits per heavy atom. The van der Waals surface area contributed by atoms with Gasteiger partial charge in [0.1, 0.15) is 6.61 Å². The molecule has 0 saturated heterocycles. The Hall–Kier alpha value is -0.780. The lowest BCUT2D eigenvalue weighted by Gasteiger charge is -2.04. The third-order valence-electron chi connectivity index (χ3n) is 0.774. The molecule has 0 radical (unpaired) electrons. The minimum atomic E-state index is -4.24. The average molecular weight is 171 g/mol. The zero-order valence-electron chi connectivity index (χ0n) is 5.65. The van der Waals surface area contributed by atoms with Crippen molar-refractivity contribution in [2.24, 2.45) is 5.73 Å². The van der Waals surface area contributed by atoms with Crippen LogP contribution in [0.5, 0.6) is 0 Å². The quantitative estimate of drug-likeness (QED) is 0.624. The Bertz CT molecular complexity index is 134. The van der Waals surface area contributed by atoms with E-state index < -0.39 is 31.7 Å². The molecule has 2 N–H and O–H groups in total. The van der Waals surface area contributed by atoms with Crippen molar-refractivity contribution in [1.29, 1.82) is 0 Å². The lowest BCUT2D eigenvalue weighted by molar-refractivity contribution is -0.148. The molecule has 0 bridgehead atoms. The molecular weight excluding hydrogens is 163 g/mol. The standard InChI is InChI=1S/C5H8F3NO2/c6-5(7,8)1-2-11-3-4(9)10/h1-3H2,(H2,9,10). The topological polar surface area (TPSA) is 52.3 Å². The SMILES string of the molecule is NC(=O)COCCC(F)(F)F. The minimum Gasteiger partial charge on any atom is -0.371 e. The van der Waals surface area contributed by atoms with Gasteiger partial charge in [-0.25, -0.2) is 0 Å². The number of alkyl halides is 3. The van der Waals surface area contributed by atoms with Gasteiger partial charge < -0.3 is 10.5 Å². The molecule has 0 spiro atoms. The first-order valence-corrected chi connectivity index (χ1v) is 2.84. The second kappa shape index (κ2) is 4.17. The number of carbonyl (C=O) groups is 1. The molecule has 0 aliphatic carbocycles. The summed E-state index contributed by atoms with van der Waals surface area (Å²) in [6.07, 6.45) is -5.29. The van der Waals surface area contributed by atoms with Crippen LogP contribution in [0.4, 0.5) is 13.2 Å². The predicted molar refractivity (Wildman–Crippen MR) is 30.7 cm³/mol. The fraction of sp³-hybridized carbons (Fsp3) is 0.800. The highest BCUT2D eigenvalue weighted by molar-refractivity contribution is 5.74. The molecular formula is C5H8F3NO2. The van der Waals surface area contributed by atoms with Gasteiger partial charge in [-0.15, -0.1) is 0 Å². The first-order valence-electron chi connectivity index (χ1n) is 2.84. The van der Waals surface area contributed by atoms with Gasteiger partial charge >= 0.3 is 6.18 Å². The Morgan fingerprint density at radius 2 is 2.00 bits per heavy atom. The van der Waals surface area contributed by atoms with Crippen LogP contribution in [0.15, 0.2) is 0 Å². The summed E-state index contributed by atoms with van der Waals surface area (Å²) in [5, 5.41) is 0. The fourth-order valence-electron chi connectivity index (χ4n) is 0.361. The van der Waals surface area contributed by atoms with Gasteiger partial charge in [0.05, 0.1) is 13.0 Å². The van der Waals surface area contributed by atoms with Crippen molar-refractivity contribution in [1.82, 2.24) is 0 Å². The first kappa shape index (κ1) is 10.2. The minimum absolute atomic E-state index is 0.462. The van der Waals surface area contributed by atoms with E-state index >= 15 is 0 Å². The van der Waals surface area contributed by atoms with Crippen molar-refractivity contribution < 1.29 is 22.7 Å². The van der Waals surface area contributed by atoms with E-state index in [1.807, 2.05) is 0 Å². The zero-order valence-corrected chi connectivity index (χ0v) is 5.65. The Kier molecular flexibility index (Phi) is 3.88. The van der Waals surface area contributed by atoms with Crippen LogP contribution in [0, 0.1) is 0 Å². The monoisotopic (exact) mass is 171 g/mol. The van der Waals surface area contributed by atoms with Crippen LogP contribution < -0.4 is 5.73 Å². The highest BCUT2D eigenvalue weighted by Crippen LogP contribution is 2.18. The maximum Gasteiger partial charge on any atom is 0.391 e. The molecule has 11 heavy (non-hydrogen) atoms. The summed E-state index contributed by atoms with van der Waals surface area (Å²) in [5.41, 5.74) is 4.60. The second-order valence-corrected chi connectivity index (χ2v) is 1.88. The Morgan fingerprint density at radius 1 is 1.45 bits per heavy atom. The summed E-state index contributed by atoms with van der Waals surface area (Å²) in [4.78, 5) is 9.94. The van der Waals surface area contributed by atoms with E-state index in [2.05, 4.69) is 10.5 Å². The zero-order chi connectivity index (χ0) is 8.91. The van der Waals surface area contributed by atoms with Crippen LogP contribution in [-0.2, 0) is 9.53 Å². The van der Waals surface area contributed by atoms with E-state index in [4.69, 9.17) is 0 Å². The molecule has 0 fully saturated rings. The molecule has 0 heterocycles. The van der Waals surface area contributed by atoms with Crippen LogP contribution in [0.25, 0.3) is 0 Å². The molecule has 0 aromatic carbocycles. The maximum absolute atomic E-state index is 11.4. The number of nitrogens with two attached hydrogens (primary N) is 1. The molecule has 0 aromatic rings. The van der Waals surface area contributed by atoms with Crippen LogP contribution in [-0.4, -0.2) is 25.3 Å². The number of carbonyl (C=O) groups excluding carboxylic acids is 1. The maximum atomic E-state index is 11.4. The van der Waals surface area contributed by atoms with Crippen molar-refractivity contribution in [2.75, 3.05) is 13.2 Å². The number of rotatable bonds is 4. The Labute approximate surface area is 61.3 Å². The van der Waals surface area contributed by atoms with Crippen LogP contribution in [0.2, 0.25) is 0 Å². The van der Waals surface area contributed by atoms with Gasteiger partial charge in [-0.1, -0.05) is 0 Å². The van der Waals surface area contributed by atoms with E-state index in [0.717, 1.165) is 0 Å². The summed E-state index contributed by atoms with van der Waals surface area (Å²) in [5.74, 6) is -0.771. The van der Waals surface area contributed by atoms with E-state index in [-0.39, 0.29) is 0 Å². The number of primary amides is 1. The highest BCUT2D eigenvalue weighted by atomic mass is 19.4. The smallest absolute Gasteiger partial charge is 0.371 e. The molecule has 3 nitrogen and oxygen atoms in total. The number of hydrogen-bond acceptors (Lipinski definition) is 2. The molecule has 0 aromatic heterocycles. The lowest BCUT2D eigenvalue weighted by atomic mass is 10.4. The first-order chi connectivity index (χ1) is 4.92. The normalized spacial score (nSPS) is 11.5. The predicted octanol–water partition coefficient (Wildman–Crippen LogP) is 0.441. The molecule has 0 atom stereocenters. The number of amides is 1. The molecule has 0 rings (SSSR count). The van der Waals surface area contributed by atoms with Crippen molar-refractivity contribution in [3.63, 3.8) is 0 Å². The van der Waals surface area contributed by atoms with Crippen molar-refractivity contribution in [2.45, 2.75) is 12.6 Å². The number of halogens is 3. The summed E-state index contributed by atoms with van der Waals surface area (Å²) < 4.78 is 38.4. The number of hydrogen-bond donors (Lipinski definition) is 1. The molecule has 0 saturated carbocycles.